The van der Waals surface area contributed by atoms with Crippen LogP contribution in [0.2, 0.25) is 0 Å². The highest BCUT2D eigenvalue weighted by Gasteiger charge is 2.38. The molecule has 4 rings (SSSR count). The fourth-order valence-electron chi connectivity index (χ4n) is 3.54. The summed E-state index contributed by atoms with van der Waals surface area (Å²) in [6.07, 6.45) is 0.396. The molecule has 3 aromatic rings. The quantitative estimate of drug-likeness (QED) is 0.643. The van der Waals surface area contributed by atoms with Gasteiger partial charge in [0.15, 0.2) is 0 Å². The maximum Gasteiger partial charge on any atom is 0.257 e. The van der Waals surface area contributed by atoms with Crippen LogP contribution in [0.3, 0.4) is 0 Å². The fourth-order valence-corrected chi connectivity index (χ4v) is 4.26. The van der Waals surface area contributed by atoms with Crippen molar-refractivity contribution in [2.45, 2.75) is 17.4 Å². The third-order valence-electron chi connectivity index (χ3n) is 5.03. The van der Waals surface area contributed by atoms with E-state index in [0.29, 0.717) is 23.6 Å². The number of sulfonamides is 1. The number of aliphatic imine (C=N–C) groups is 1. The van der Waals surface area contributed by atoms with E-state index in [1.54, 1.807) is 49.6 Å². The van der Waals surface area contributed by atoms with Crippen LogP contribution in [0, 0.1) is 0 Å². The van der Waals surface area contributed by atoms with E-state index in [1.807, 2.05) is 30.3 Å². The molecule has 0 aromatic heterocycles. The summed E-state index contributed by atoms with van der Waals surface area (Å²) >= 11 is 0. The predicted molar refractivity (Wildman–Crippen MR) is 119 cm³/mol. The van der Waals surface area contributed by atoms with Crippen molar-refractivity contribution in [3.8, 4) is 5.75 Å². The Morgan fingerprint density at radius 1 is 0.968 bits per heavy atom. The van der Waals surface area contributed by atoms with Gasteiger partial charge in [-0.15, -0.1) is 0 Å². The molecule has 0 spiro atoms. The molecular formula is C23H21N3O4S. The standard InChI is InChI=1S/C23H21N3O4S/c1-30-18-13-11-17(12-14-18)22-25-19(15-16-7-3-2-4-8-16)23(27)26(22)20-9-5-6-10-21(20)31(24,28)29/h2-14,19H,15H2,1H3,(H2,24,28,29). The average Bonchev–Trinajstić information content (AvgIpc) is 3.09. The molecule has 2 N–H and O–H groups in total. The van der Waals surface area contributed by atoms with Crippen molar-refractivity contribution in [2.75, 3.05) is 12.0 Å². The molecule has 1 amide bonds. The van der Waals surface area contributed by atoms with Gasteiger partial charge < -0.3 is 4.74 Å². The Kier molecular flexibility index (Phi) is 5.58. The molecule has 0 fully saturated rings. The number of benzene rings is 3. The van der Waals surface area contributed by atoms with Crippen LogP contribution >= 0.6 is 0 Å². The molecule has 0 radical (unpaired) electrons. The second kappa shape index (κ2) is 8.33. The molecule has 0 saturated carbocycles. The summed E-state index contributed by atoms with van der Waals surface area (Å²) < 4.78 is 29.6. The summed E-state index contributed by atoms with van der Waals surface area (Å²) in [6.45, 7) is 0. The molecule has 1 atom stereocenters. The van der Waals surface area contributed by atoms with Gasteiger partial charge in [0.1, 0.15) is 22.5 Å². The first-order valence-electron chi connectivity index (χ1n) is 9.60. The third kappa shape index (κ3) is 4.21. The summed E-state index contributed by atoms with van der Waals surface area (Å²) in [6, 6.07) is 22.1. The Hall–Kier alpha value is -3.49. The molecule has 0 bridgehead atoms. The summed E-state index contributed by atoms with van der Waals surface area (Å²) in [5.41, 5.74) is 1.80. The average molecular weight is 436 g/mol. The topological polar surface area (TPSA) is 102 Å². The molecule has 8 heteroatoms. The highest BCUT2D eigenvalue weighted by atomic mass is 32.2. The normalized spacial score (nSPS) is 16.3. The summed E-state index contributed by atoms with van der Waals surface area (Å²) in [5, 5.41) is 5.43. The van der Waals surface area contributed by atoms with E-state index < -0.39 is 16.1 Å². The second-order valence-corrected chi connectivity index (χ2v) is 8.60. The van der Waals surface area contributed by atoms with Crippen molar-refractivity contribution in [1.82, 2.24) is 0 Å². The number of amides is 1. The van der Waals surface area contributed by atoms with Gasteiger partial charge in [0.2, 0.25) is 10.0 Å². The number of hydrogen-bond acceptors (Lipinski definition) is 5. The van der Waals surface area contributed by atoms with Crippen molar-refractivity contribution in [3.05, 3.63) is 90.0 Å². The molecular weight excluding hydrogens is 414 g/mol. The number of ether oxygens (including phenoxy) is 1. The molecule has 1 aliphatic rings. The van der Waals surface area contributed by atoms with Crippen LogP contribution in [0.1, 0.15) is 11.1 Å². The number of rotatable bonds is 6. The molecule has 0 saturated heterocycles. The third-order valence-corrected chi connectivity index (χ3v) is 5.99. The number of carbonyl (C=O) groups is 1. The van der Waals surface area contributed by atoms with Crippen LogP contribution in [0.4, 0.5) is 5.69 Å². The van der Waals surface area contributed by atoms with E-state index in [4.69, 9.17) is 9.88 Å². The Balaban J connectivity index is 1.82. The van der Waals surface area contributed by atoms with Gasteiger partial charge in [0, 0.05) is 12.0 Å². The molecule has 31 heavy (non-hydrogen) atoms. The number of methoxy groups -OCH3 is 1. The maximum absolute atomic E-state index is 13.4. The van der Waals surface area contributed by atoms with E-state index in [-0.39, 0.29) is 16.5 Å². The van der Waals surface area contributed by atoms with E-state index in [1.165, 1.54) is 11.0 Å². The molecule has 1 aliphatic heterocycles. The van der Waals surface area contributed by atoms with E-state index >= 15 is 0 Å². The van der Waals surface area contributed by atoms with E-state index in [0.717, 1.165) is 5.56 Å². The van der Waals surface area contributed by atoms with Crippen LogP contribution in [0.15, 0.2) is 88.8 Å². The zero-order valence-electron chi connectivity index (χ0n) is 16.8. The number of amidine groups is 1. The van der Waals surface area contributed by atoms with Crippen LogP contribution < -0.4 is 14.8 Å². The minimum absolute atomic E-state index is 0.134. The van der Waals surface area contributed by atoms with Crippen LogP contribution in [-0.4, -0.2) is 33.3 Å². The Morgan fingerprint density at radius 3 is 2.26 bits per heavy atom. The highest BCUT2D eigenvalue weighted by molar-refractivity contribution is 7.89. The van der Waals surface area contributed by atoms with Gasteiger partial charge >= 0.3 is 0 Å². The Morgan fingerprint density at radius 2 is 1.61 bits per heavy atom. The largest absolute Gasteiger partial charge is 0.497 e. The SMILES string of the molecule is COc1ccc(C2=NC(Cc3ccccc3)C(=O)N2c2ccccc2S(N)(=O)=O)cc1. The lowest BCUT2D eigenvalue weighted by molar-refractivity contribution is -0.118. The summed E-state index contributed by atoms with van der Waals surface area (Å²) in [7, 11) is -2.49. The maximum atomic E-state index is 13.4. The fraction of sp³-hybridized carbons (Fsp3) is 0.130. The van der Waals surface area contributed by atoms with Crippen molar-refractivity contribution >= 4 is 27.5 Å². The first kappa shape index (κ1) is 20.8. The summed E-state index contributed by atoms with van der Waals surface area (Å²) in [5.74, 6) is 0.710. The zero-order valence-corrected chi connectivity index (χ0v) is 17.6. The number of carbonyl (C=O) groups excluding carboxylic acids is 1. The van der Waals surface area contributed by atoms with Crippen LogP contribution in [-0.2, 0) is 21.2 Å². The van der Waals surface area contributed by atoms with Crippen molar-refractivity contribution in [2.24, 2.45) is 10.1 Å². The second-order valence-electron chi connectivity index (χ2n) is 7.07. The summed E-state index contributed by atoms with van der Waals surface area (Å²) in [4.78, 5) is 19.3. The van der Waals surface area contributed by atoms with Crippen LogP contribution in [0.5, 0.6) is 5.75 Å². The van der Waals surface area contributed by atoms with Crippen molar-refractivity contribution in [3.63, 3.8) is 0 Å². The van der Waals surface area contributed by atoms with Gasteiger partial charge in [-0.1, -0.05) is 42.5 Å². The van der Waals surface area contributed by atoms with Gasteiger partial charge in [-0.2, -0.15) is 0 Å². The number of primary sulfonamides is 1. The van der Waals surface area contributed by atoms with Gasteiger partial charge in [-0.25, -0.2) is 13.6 Å². The Labute approximate surface area is 180 Å². The number of para-hydroxylation sites is 1. The van der Waals surface area contributed by atoms with Gasteiger partial charge in [-0.3, -0.25) is 14.7 Å². The molecule has 7 nitrogen and oxygen atoms in total. The molecule has 1 heterocycles. The van der Waals surface area contributed by atoms with Crippen molar-refractivity contribution in [1.29, 1.82) is 0 Å². The van der Waals surface area contributed by atoms with E-state index in [2.05, 4.69) is 4.99 Å². The molecule has 0 aliphatic carbocycles. The lowest BCUT2D eigenvalue weighted by atomic mass is 10.1. The minimum atomic E-state index is -4.06. The lowest BCUT2D eigenvalue weighted by Gasteiger charge is -2.22. The predicted octanol–water partition coefficient (Wildman–Crippen LogP) is 2.75. The highest BCUT2D eigenvalue weighted by Crippen LogP contribution is 2.31. The minimum Gasteiger partial charge on any atom is -0.497 e. The molecule has 1 unspecified atom stereocenters. The first-order chi connectivity index (χ1) is 14.9. The first-order valence-corrected chi connectivity index (χ1v) is 11.1. The van der Waals surface area contributed by atoms with Gasteiger partial charge in [0.25, 0.3) is 5.91 Å². The van der Waals surface area contributed by atoms with E-state index in [9.17, 15) is 13.2 Å². The number of nitrogens with two attached hydrogens (primary N) is 1. The van der Waals surface area contributed by atoms with Crippen molar-refractivity contribution < 1.29 is 17.9 Å². The molecule has 158 valence electrons. The Bertz CT molecular complexity index is 1240. The van der Waals surface area contributed by atoms with Crippen LogP contribution in [0.25, 0.3) is 0 Å². The number of hydrogen-bond donors (Lipinski definition) is 1. The number of anilines is 1. The monoisotopic (exact) mass is 435 g/mol. The van der Waals surface area contributed by atoms with Gasteiger partial charge in [-0.05, 0) is 42.0 Å². The number of nitrogens with zero attached hydrogens (tertiary/aromatic N) is 2. The molecule has 3 aromatic carbocycles. The smallest absolute Gasteiger partial charge is 0.257 e. The zero-order chi connectivity index (χ0) is 22.0. The van der Waals surface area contributed by atoms with Gasteiger partial charge in [0.05, 0.1) is 12.8 Å². The lowest BCUT2D eigenvalue weighted by Crippen LogP contribution is -2.37.